The van der Waals surface area contributed by atoms with Crippen molar-refractivity contribution in [3.8, 4) is 0 Å². The van der Waals surface area contributed by atoms with Gasteiger partial charge in [-0.25, -0.2) is 4.39 Å². The van der Waals surface area contributed by atoms with Crippen LogP contribution in [0.25, 0.3) is 0 Å². The first-order chi connectivity index (χ1) is 8.91. The Hall–Kier alpha value is -1.56. The van der Waals surface area contributed by atoms with E-state index in [1.54, 1.807) is 0 Å². The molecule has 106 valence electrons. The Balaban J connectivity index is 2.58. The second-order valence-electron chi connectivity index (χ2n) is 4.86. The number of nitro benzene ring substituents is 1. The molecule has 19 heavy (non-hydrogen) atoms. The SMILES string of the molecule is CC(C)CCCNCc1cc([N+](=O)[O-])c(F)cc1F. The van der Waals surface area contributed by atoms with Gasteiger partial charge in [0.1, 0.15) is 5.82 Å². The van der Waals surface area contributed by atoms with Crippen molar-refractivity contribution in [2.45, 2.75) is 33.2 Å². The fourth-order valence-corrected chi connectivity index (χ4v) is 1.71. The molecule has 0 saturated carbocycles. The first-order valence-electron chi connectivity index (χ1n) is 6.25. The summed E-state index contributed by atoms with van der Waals surface area (Å²) in [5.41, 5.74) is -0.585. The maximum absolute atomic E-state index is 13.4. The molecular formula is C13H18F2N2O2. The molecule has 6 heteroatoms. The highest BCUT2D eigenvalue weighted by molar-refractivity contribution is 5.37. The van der Waals surface area contributed by atoms with Crippen LogP contribution < -0.4 is 5.32 Å². The van der Waals surface area contributed by atoms with Crippen molar-refractivity contribution in [1.29, 1.82) is 0 Å². The van der Waals surface area contributed by atoms with Crippen LogP contribution >= 0.6 is 0 Å². The summed E-state index contributed by atoms with van der Waals surface area (Å²) >= 11 is 0. The van der Waals surface area contributed by atoms with E-state index < -0.39 is 22.2 Å². The van der Waals surface area contributed by atoms with Crippen LogP contribution in [0.15, 0.2) is 12.1 Å². The monoisotopic (exact) mass is 272 g/mol. The van der Waals surface area contributed by atoms with Crippen molar-refractivity contribution in [3.63, 3.8) is 0 Å². The minimum absolute atomic E-state index is 0.109. The van der Waals surface area contributed by atoms with E-state index in [1.165, 1.54) is 0 Å². The quantitative estimate of drug-likeness (QED) is 0.470. The minimum Gasteiger partial charge on any atom is -0.313 e. The van der Waals surface area contributed by atoms with Crippen LogP contribution in [-0.2, 0) is 6.54 Å². The van der Waals surface area contributed by atoms with Crippen LogP contribution in [0.3, 0.4) is 0 Å². The summed E-state index contributed by atoms with van der Waals surface area (Å²) in [4.78, 5) is 9.71. The predicted molar refractivity (Wildman–Crippen MR) is 68.8 cm³/mol. The van der Waals surface area contributed by atoms with Crippen molar-refractivity contribution in [3.05, 3.63) is 39.4 Å². The normalized spacial score (nSPS) is 11.0. The minimum atomic E-state index is -1.15. The van der Waals surface area contributed by atoms with Crippen LogP contribution in [0, 0.1) is 27.7 Å². The summed E-state index contributed by atoms with van der Waals surface area (Å²) in [6.45, 7) is 5.08. The van der Waals surface area contributed by atoms with E-state index in [0.717, 1.165) is 18.9 Å². The first-order valence-corrected chi connectivity index (χ1v) is 6.25. The summed E-state index contributed by atoms with van der Waals surface area (Å²) in [5, 5.41) is 13.6. The predicted octanol–water partition coefficient (Wildman–Crippen LogP) is 3.40. The van der Waals surface area contributed by atoms with E-state index in [9.17, 15) is 18.9 Å². The van der Waals surface area contributed by atoms with Gasteiger partial charge in [0.15, 0.2) is 0 Å². The van der Waals surface area contributed by atoms with Gasteiger partial charge < -0.3 is 5.32 Å². The van der Waals surface area contributed by atoms with Gasteiger partial charge in [0.05, 0.1) is 4.92 Å². The number of benzene rings is 1. The molecule has 1 aromatic carbocycles. The number of rotatable bonds is 7. The molecule has 0 aliphatic heterocycles. The second kappa shape index (κ2) is 7.13. The Morgan fingerprint density at radius 1 is 1.32 bits per heavy atom. The van der Waals surface area contributed by atoms with Gasteiger partial charge in [-0.1, -0.05) is 13.8 Å². The second-order valence-corrected chi connectivity index (χ2v) is 4.86. The summed E-state index contributed by atoms with van der Waals surface area (Å²) in [6, 6.07) is 1.50. The largest absolute Gasteiger partial charge is 0.313 e. The topological polar surface area (TPSA) is 55.2 Å². The highest BCUT2D eigenvalue weighted by Crippen LogP contribution is 2.21. The van der Waals surface area contributed by atoms with E-state index in [-0.39, 0.29) is 12.1 Å². The van der Waals surface area contributed by atoms with E-state index >= 15 is 0 Å². The molecule has 0 saturated heterocycles. The summed E-state index contributed by atoms with van der Waals surface area (Å²) in [5.74, 6) is -1.31. The van der Waals surface area contributed by atoms with Gasteiger partial charge >= 0.3 is 5.69 Å². The standard InChI is InChI=1S/C13H18F2N2O2/c1-9(2)4-3-5-16-8-10-6-13(17(18)19)12(15)7-11(10)14/h6-7,9,16H,3-5,8H2,1-2H3. The molecule has 0 aliphatic rings. The first kappa shape index (κ1) is 15.5. The Morgan fingerprint density at radius 2 is 2.00 bits per heavy atom. The van der Waals surface area contributed by atoms with Crippen LogP contribution in [0.4, 0.5) is 14.5 Å². The summed E-state index contributed by atoms with van der Waals surface area (Å²) in [7, 11) is 0. The zero-order valence-corrected chi connectivity index (χ0v) is 11.1. The van der Waals surface area contributed by atoms with Gasteiger partial charge in [-0.05, 0) is 25.3 Å². The lowest BCUT2D eigenvalue weighted by atomic mass is 10.1. The molecule has 1 N–H and O–H groups in total. The van der Waals surface area contributed by atoms with Crippen molar-refractivity contribution in [2.24, 2.45) is 5.92 Å². The van der Waals surface area contributed by atoms with Crippen molar-refractivity contribution >= 4 is 5.69 Å². The molecule has 4 nitrogen and oxygen atoms in total. The third-order valence-corrected chi connectivity index (χ3v) is 2.76. The molecule has 0 aliphatic carbocycles. The Morgan fingerprint density at radius 3 is 2.58 bits per heavy atom. The number of halogens is 2. The molecule has 0 aromatic heterocycles. The number of nitrogens with zero attached hydrogens (tertiary/aromatic N) is 1. The molecule has 1 rings (SSSR count). The van der Waals surface area contributed by atoms with E-state index in [4.69, 9.17) is 0 Å². The van der Waals surface area contributed by atoms with E-state index in [1.807, 2.05) is 0 Å². The van der Waals surface area contributed by atoms with Crippen LogP contribution in [0.5, 0.6) is 0 Å². The van der Waals surface area contributed by atoms with E-state index in [0.29, 0.717) is 18.5 Å². The summed E-state index contributed by atoms with van der Waals surface area (Å²) in [6.07, 6.45) is 2.00. The van der Waals surface area contributed by atoms with Crippen LogP contribution in [-0.4, -0.2) is 11.5 Å². The van der Waals surface area contributed by atoms with Crippen LogP contribution in [0.1, 0.15) is 32.3 Å². The van der Waals surface area contributed by atoms with Crippen molar-refractivity contribution in [1.82, 2.24) is 5.32 Å². The molecule has 1 aromatic rings. The number of hydrogen-bond donors (Lipinski definition) is 1. The highest BCUT2D eigenvalue weighted by Gasteiger charge is 2.18. The summed E-state index contributed by atoms with van der Waals surface area (Å²) < 4.78 is 26.5. The van der Waals surface area contributed by atoms with Gasteiger partial charge in [-0.15, -0.1) is 0 Å². The maximum atomic E-state index is 13.4. The van der Waals surface area contributed by atoms with Gasteiger partial charge in [-0.2, -0.15) is 4.39 Å². The Kier molecular flexibility index (Phi) is 5.82. The lowest BCUT2D eigenvalue weighted by Crippen LogP contribution is -2.16. The van der Waals surface area contributed by atoms with Gasteiger partial charge in [0, 0.05) is 24.2 Å². The molecular weight excluding hydrogens is 254 g/mol. The fourth-order valence-electron chi connectivity index (χ4n) is 1.71. The number of hydrogen-bond acceptors (Lipinski definition) is 3. The molecule has 0 spiro atoms. The lowest BCUT2D eigenvalue weighted by Gasteiger charge is -2.07. The van der Waals surface area contributed by atoms with E-state index in [2.05, 4.69) is 19.2 Å². The Bertz CT molecular complexity index is 451. The zero-order valence-electron chi connectivity index (χ0n) is 11.1. The molecule has 0 fully saturated rings. The Labute approximate surface area is 111 Å². The maximum Gasteiger partial charge on any atom is 0.305 e. The molecule has 0 heterocycles. The third-order valence-electron chi connectivity index (χ3n) is 2.76. The van der Waals surface area contributed by atoms with Crippen LogP contribution in [0.2, 0.25) is 0 Å². The average Bonchev–Trinajstić information content (AvgIpc) is 2.30. The number of nitro groups is 1. The highest BCUT2D eigenvalue weighted by atomic mass is 19.1. The molecule has 0 radical (unpaired) electrons. The fraction of sp³-hybridized carbons (Fsp3) is 0.538. The lowest BCUT2D eigenvalue weighted by molar-refractivity contribution is -0.387. The smallest absolute Gasteiger partial charge is 0.305 e. The van der Waals surface area contributed by atoms with Crippen molar-refractivity contribution in [2.75, 3.05) is 6.54 Å². The van der Waals surface area contributed by atoms with Crippen molar-refractivity contribution < 1.29 is 13.7 Å². The number of nitrogens with one attached hydrogen (secondary N) is 1. The molecule has 0 atom stereocenters. The van der Waals surface area contributed by atoms with Gasteiger partial charge in [0.2, 0.25) is 5.82 Å². The molecule has 0 bridgehead atoms. The average molecular weight is 272 g/mol. The van der Waals surface area contributed by atoms with Gasteiger partial charge in [0.25, 0.3) is 0 Å². The molecule has 0 unspecified atom stereocenters. The van der Waals surface area contributed by atoms with Gasteiger partial charge in [-0.3, -0.25) is 10.1 Å². The molecule has 0 amide bonds. The third kappa shape index (κ3) is 4.90. The zero-order chi connectivity index (χ0) is 14.4.